The second-order valence-electron chi connectivity index (χ2n) is 7.60. The molecule has 29 heavy (non-hydrogen) atoms. The Morgan fingerprint density at radius 1 is 1.10 bits per heavy atom. The average molecular weight is 395 g/mol. The molecule has 0 N–H and O–H groups in total. The van der Waals surface area contributed by atoms with Crippen LogP contribution < -0.4 is 9.80 Å². The van der Waals surface area contributed by atoms with Crippen LogP contribution in [0.1, 0.15) is 35.3 Å². The van der Waals surface area contributed by atoms with Crippen molar-refractivity contribution >= 4 is 17.4 Å². The molecule has 0 radical (unpaired) electrons. The van der Waals surface area contributed by atoms with Crippen molar-refractivity contribution in [2.24, 2.45) is 7.05 Å². The molecule has 0 spiro atoms. The monoisotopic (exact) mass is 395 g/mol. The Morgan fingerprint density at radius 3 is 2.72 bits per heavy atom. The van der Waals surface area contributed by atoms with E-state index in [1.165, 1.54) is 0 Å². The Bertz CT molecular complexity index is 1040. The van der Waals surface area contributed by atoms with E-state index < -0.39 is 6.17 Å². The largest absolute Gasteiger partial charge is 0.357 e. The van der Waals surface area contributed by atoms with Crippen LogP contribution in [0, 0.1) is 0 Å². The van der Waals surface area contributed by atoms with Gasteiger partial charge in [-0.1, -0.05) is 0 Å². The smallest absolute Gasteiger partial charge is 0.279 e. The number of nitrogens with zero attached hydrogens (tertiary/aromatic N) is 7. The van der Waals surface area contributed by atoms with Crippen molar-refractivity contribution in [2.45, 2.75) is 32.0 Å². The summed E-state index contributed by atoms with van der Waals surface area (Å²) >= 11 is 0. The van der Waals surface area contributed by atoms with Gasteiger partial charge in [0.05, 0.1) is 30.3 Å². The van der Waals surface area contributed by atoms with E-state index in [2.05, 4.69) is 20.1 Å². The lowest BCUT2D eigenvalue weighted by molar-refractivity contribution is 0.0991. The molecule has 0 bridgehead atoms. The predicted molar refractivity (Wildman–Crippen MR) is 106 cm³/mol. The molecule has 5 rings (SSSR count). The number of amides is 1. The summed E-state index contributed by atoms with van der Waals surface area (Å²) in [4.78, 5) is 21.1. The van der Waals surface area contributed by atoms with Gasteiger partial charge in [0.25, 0.3) is 5.91 Å². The molecule has 3 aromatic heterocycles. The Labute approximate surface area is 167 Å². The van der Waals surface area contributed by atoms with Crippen molar-refractivity contribution in [1.29, 1.82) is 0 Å². The summed E-state index contributed by atoms with van der Waals surface area (Å²) in [5, 5.41) is 8.62. The Kier molecular flexibility index (Phi) is 4.30. The second-order valence-corrected chi connectivity index (χ2v) is 7.60. The van der Waals surface area contributed by atoms with Crippen LogP contribution in [0.2, 0.25) is 0 Å². The number of pyridine rings is 1. The van der Waals surface area contributed by atoms with Gasteiger partial charge < -0.3 is 4.90 Å². The number of carbonyl (C=O) groups is 1. The van der Waals surface area contributed by atoms with Crippen molar-refractivity contribution in [1.82, 2.24) is 24.5 Å². The molecule has 150 valence electrons. The molecule has 1 saturated heterocycles. The molecule has 9 heteroatoms. The zero-order valence-corrected chi connectivity index (χ0v) is 16.2. The summed E-state index contributed by atoms with van der Waals surface area (Å²) in [5.41, 5.74) is 2.90. The standard InChI is InChI=1S/C20H22FN7O/c1-25-13-17(10-23-25)27-11-14-12-28(24-19(14)20(27)29)16-4-5-18(22-9-16)26-7-2-3-15(21)6-8-26/h4-5,9-10,12-13,15H,2-3,6-8,11H2,1H3. The molecule has 0 aliphatic carbocycles. The summed E-state index contributed by atoms with van der Waals surface area (Å²) in [6, 6.07) is 3.87. The van der Waals surface area contributed by atoms with Crippen LogP contribution >= 0.6 is 0 Å². The summed E-state index contributed by atoms with van der Waals surface area (Å²) < 4.78 is 16.9. The summed E-state index contributed by atoms with van der Waals surface area (Å²) in [6.07, 6.45) is 8.41. The molecular formula is C20H22FN7O. The van der Waals surface area contributed by atoms with Crippen molar-refractivity contribution < 1.29 is 9.18 Å². The van der Waals surface area contributed by atoms with E-state index in [1.807, 2.05) is 31.6 Å². The van der Waals surface area contributed by atoms with Crippen molar-refractivity contribution in [3.63, 3.8) is 0 Å². The lowest BCUT2D eigenvalue weighted by Gasteiger charge is -2.21. The van der Waals surface area contributed by atoms with Crippen LogP contribution in [0.5, 0.6) is 0 Å². The summed E-state index contributed by atoms with van der Waals surface area (Å²) in [7, 11) is 1.82. The Balaban J connectivity index is 1.33. The molecule has 0 saturated carbocycles. The van der Waals surface area contributed by atoms with E-state index in [0.29, 0.717) is 31.6 Å². The van der Waals surface area contributed by atoms with Crippen LogP contribution in [-0.4, -0.2) is 49.7 Å². The van der Waals surface area contributed by atoms with Gasteiger partial charge in [0.15, 0.2) is 5.69 Å². The second kappa shape index (κ2) is 6.98. The van der Waals surface area contributed by atoms with Gasteiger partial charge in [-0.2, -0.15) is 10.2 Å². The molecule has 5 heterocycles. The fourth-order valence-electron chi connectivity index (χ4n) is 3.95. The molecule has 2 aliphatic rings. The maximum Gasteiger partial charge on any atom is 0.279 e. The molecule has 1 fully saturated rings. The minimum atomic E-state index is -0.713. The number of carbonyl (C=O) groups excluding carboxylic acids is 1. The number of aryl methyl sites for hydroxylation is 1. The van der Waals surface area contributed by atoms with Gasteiger partial charge in [-0.05, 0) is 31.4 Å². The molecule has 2 aliphatic heterocycles. The van der Waals surface area contributed by atoms with E-state index in [9.17, 15) is 9.18 Å². The molecule has 0 aromatic carbocycles. The van der Waals surface area contributed by atoms with Crippen LogP contribution in [0.15, 0.2) is 36.9 Å². The third kappa shape index (κ3) is 3.26. The van der Waals surface area contributed by atoms with Crippen LogP contribution in [0.4, 0.5) is 15.9 Å². The summed E-state index contributed by atoms with van der Waals surface area (Å²) in [5.74, 6) is 0.725. The third-order valence-electron chi connectivity index (χ3n) is 5.55. The van der Waals surface area contributed by atoms with Gasteiger partial charge in [0.1, 0.15) is 12.0 Å². The Hall–Kier alpha value is -3.23. The SMILES string of the molecule is Cn1cc(N2Cc3cn(-c4ccc(N5CCCC(F)CC5)nc4)nc3C2=O)cn1. The van der Waals surface area contributed by atoms with E-state index in [0.717, 1.165) is 35.7 Å². The first-order valence-electron chi connectivity index (χ1n) is 9.83. The van der Waals surface area contributed by atoms with Gasteiger partial charge >= 0.3 is 0 Å². The molecular weight excluding hydrogens is 373 g/mol. The first-order chi connectivity index (χ1) is 14.1. The number of hydrogen-bond donors (Lipinski definition) is 0. The predicted octanol–water partition coefficient (Wildman–Crippen LogP) is 2.49. The average Bonchev–Trinajstić information content (AvgIpc) is 3.36. The maximum absolute atomic E-state index is 13.6. The van der Waals surface area contributed by atoms with E-state index in [-0.39, 0.29) is 5.91 Å². The molecule has 1 amide bonds. The fourth-order valence-corrected chi connectivity index (χ4v) is 3.95. The van der Waals surface area contributed by atoms with Gasteiger partial charge in [-0.3, -0.25) is 14.4 Å². The number of hydrogen-bond acceptors (Lipinski definition) is 5. The fraction of sp³-hybridized carbons (Fsp3) is 0.400. The minimum absolute atomic E-state index is 0.123. The number of anilines is 2. The molecule has 8 nitrogen and oxygen atoms in total. The minimum Gasteiger partial charge on any atom is -0.357 e. The summed E-state index contributed by atoms with van der Waals surface area (Å²) in [6.45, 7) is 1.98. The number of rotatable bonds is 3. The number of aromatic nitrogens is 5. The molecule has 1 atom stereocenters. The first-order valence-corrected chi connectivity index (χ1v) is 9.83. The van der Waals surface area contributed by atoms with Gasteiger partial charge in [0, 0.05) is 38.1 Å². The highest BCUT2D eigenvalue weighted by Gasteiger charge is 2.33. The van der Waals surface area contributed by atoms with E-state index in [1.54, 1.807) is 26.7 Å². The number of halogens is 1. The van der Waals surface area contributed by atoms with Gasteiger partial charge in [-0.25, -0.2) is 14.1 Å². The zero-order chi connectivity index (χ0) is 20.0. The lowest BCUT2D eigenvalue weighted by atomic mass is 10.2. The normalized spacial score (nSPS) is 19.5. The molecule has 3 aromatic rings. The first kappa shape index (κ1) is 17.8. The van der Waals surface area contributed by atoms with Gasteiger partial charge in [0.2, 0.25) is 0 Å². The molecule has 1 unspecified atom stereocenters. The third-order valence-corrected chi connectivity index (χ3v) is 5.55. The highest BCUT2D eigenvalue weighted by molar-refractivity contribution is 6.08. The van der Waals surface area contributed by atoms with Crippen molar-refractivity contribution in [2.75, 3.05) is 22.9 Å². The highest BCUT2D eigenvalue weighted by atomic mass is 19.1. The quantitative estimate of drug-likeness (QED) is 0.681. The van der Waals surface area contributed by atoms with E-state index in [4.69, 9.17) is 0 Å². The van der Waals surface area contributed by atoms with E-state index >= 15 is 0 Å². The number of alkyl halides is 1. The highest BCUT2D eigenvalue weighted by Crippen LogP contribution is 2.28. The topological polar surface area (TPSA) is 72.1 Å². The van der Waals surface area contributed by atoms with Crippen LogP contribution in [-0.2, 0) is 13.6 Å². The van der Waals surface area contributed by atoms with Gasteiger partial charge in [-0.15, -0.1) is 0 Å². The zero-order valence-electron chi connectivity index (χ0n) is 16.2. The van der Waals surface area contributed by atoms with Crippen LogP contribution in [0.25, 0.3) is 5.69 Å². The number of fused-ring (bicyclic) bond motifs is 1. The van der Waals surface area contributed by atoms with Crippen molar-refractivity contribution in [3.05, 3.63) is 48.2 Å². The van der Waals surface area contributed by atoms with Crippen molar-refractivity contribution in [3.8, 4) is 5.69 Å². The maximum atomic E-state index is 13.6. The van der Waals surface area contributed by atoms with Crippen LogP contribution in [0.3, 0.4) is 0 Å². The lowest BCUT2D eigenvalue weighted by Crippen LogP contribution is -2.25. The Morgan fingerprint density at radius 2 is 2.00 bits per heavy atom.